The molecule has 0 atom stereocenters. The van der Waals surface area contributed by atoms with Gasteiger partial charge in [-0.1, -0.05) is 71.0 Å². The summed E-state index contributed by atoms with van der Waals surface area (Å²) in [7, 11) is 0. The van der Waals surface area contributed by atoms with Gasteiger partial charge in [0.15, 0.2) is 0 Å². The number of benzene rings is 2. The standard InChI is InChI=1S/C24H34N2O6/c1-3-7-23(8-4-1)21-25-26(22-24-9-5-2-6-10-24)32-20-18-30-16-14-28-12-11-27-13-15-29-17-19-31-25/h1-10H,11-22H2. The molecule has 2 aromatic carbocycles. The fourth-order valence-electron chi connectivity index (χ4n) is 3.02. The molecule has 0 spiro atoms. The summed E-state index contributed by atoms with van der Waals surface area (Å²) in [6, 6.07) is 20.3. The van der Waals surface area contributed by atoms with Gasteiger partial charge in [0.05, 0.1) is 79.2 Å². The molecular formula is C24H34N2O6. The summed E-state index contributed by atoms with van der Waals surface area (Å²) in [6.07, 6.45) is 0. The van der Waals surface area contributed by atoms with Crippen LogP contribution in [0, 0.1) is 0 Å². The number of hydrazine groups is 1. The van der Waals surface area contributed by atoms with Crippen LogP contribution in [-0.4, -0.2) is 76.4 Å². The molecule has 0 unspecified atom stereocenters. The van der Waals surface area contributed by atoms with Crippen LogP contribution in [0.25, 0.3) is 0 Å². The third-order valence-electron chi connectivity index (χ3n) is 4.62. The highest BCUT2D eigenvalue weighted by Gasteiger charge is 2.19. The van der Waals surface area contributed by atoms with E-state index in [9.17, 15) is 0 Å². The van der Waals surface area contributed by atoms with Crippen molar-refractivity contribution < 1.29 is 28.6 Å². The second kappa shape index (κ2) is 15.8. The average Bonchev–Trinajstić information content (AvgIpc) is 2.83. The topological polar surface area (TPSA) is 61.9 Å². The third kappa shape index (κ3) is 10.2. The molecule has 0 amide bonds. The molecule has 0 aliphatic carbocycles. The molecule has 0 N–H and O–H groups in total. The lowest BCUT2D eigenvalue weighted by atomic mass is 10.2. The monoisotopic (exact) mass is 446 g/mol. The van der Waals surface area contributed by atoms with Crippen molar-refractivity contribution in [1.29, 1.82) is 0 Å². The first kappa shape index (κ1) is 24.8. The van der Waals surface area contributed by atoms with Crippen molar-refractivity contribution in [1.82, 2.24) is 10.3 Å². The van der Waals surface area contributed by atoms with E-state index < -0.39 is 0 Å². The van der Waals surface area contributed by atoms with Crippen molar-refractivity contribution in [2.75, 3.05) is 66.1 Å². The Morgan fingerprint density at radius 3 is 1.09 bits per heavy atom. The van der Waals surface area contributed by atoms with Crippen molar-refractivity contribution >= 4 is 0 Å². The summed E-state index contributed by atoms with van der Waals surface area (Å²) >= 11 is 0. The maximum atomic E-state index is 6.08. The summed E-state index contributed by atoms with van der Waals surface area (Å²) in [5, 5.41) is 3.49. The van der Waals surface area contributed by atoms with Gasteiger partial charge in [0, 0.05) is 0 Å². The average molecular weight is 447 g/mol. The van der Waals surface area contributed by atoms with Gasteiger partial charge in [-0.2, -0.15) is 0 Å². The van der Waals surface area contributed by atoms with E-state index >= 15 is 0 Å². The number of nitrogens with zero attached hydrogens (tertiary/aromatic N) is 2. The van der Waals surface area contributed by atoms with Crippen LogP contribution in [0.1, 0.15) is 11.1 Å². The predicted octanol–water partition coefficient (Wildman–Crippen LogP) is 2.85. The molecule has 1 heterocycles. The van der Waals surface area contributed by atoms with Gasteiger partial charge in [0.25, 0.3) is 0 Å². The number of ether oxygens (including phenoxy) is 4. The van der Waals surface area contributed by atoms with Crippen molar-refractivity contribution in [3.8, 4) is 0 Å². The van der Waals surface area contributed by atoms with Crippen molar-refractivity contribution in [2.24, 2.45) is 0 Å². The molecule has 1 aliphatic heterocycles. The molecular weight excluding hydrogens is 412 g/mol. The Morgan fingerprint density at radius 1 is 0.438 bits per heavy atom. The highest BCUT2D eigenvalue weighted by molar-refractivity contribution is 5.15. The Kier molecular flexibility index (Phi) is 12.3. The molecule has 3 rings (SSSR count). The fourth-order valence-corrected chi connectivity index (χ4v) is 3.02. The molecule has 0 radical (unpaired) electrons. The Morgan fingerprint density at radius 2 is 0.750 bits per heavy atom. The van der Waals surface area contributed by atoms with Crippen LogP contribution in [0.15, 0.2) is 60.7 Å². The zero-order valence-electron chi connectivity index (χ0n) is 18.6. The lowest BCUT2D eigenvalue weighted by Gasteiger charge is -2.33. The Balaban J connectivity index is 1.65. The Hall–Kier alpha value is -1.88. The first-order valence-electron chi connectivity index (χ1n) is 11.1. The molecule has 32 heavy (non-hydrogen) atoms. The van der Waals surface area contributed by atoms with Crippen LogP contribution in [-0.2, 0) is 41.7 Å². The van der Waals surface area contributed by atoms with Gasteiger partial charge in [0.2, 0.25) is 0 Å². The van der Waals surface area contributed by atoms with Crippen LogP contribution in [0.2, 0.25) is 0 Å². The number of hydroxylamine groups is 2. The highest BCUT2D eigenvalue weighted by Crippen LogP contribution is 2.14. The summed E-state index contributed by atoms with van der Waals surface area (Å²) < 4.78 is 22.3. The molecule has 0 aromatic heterocycles. The van der Waals surface area contributed by atoms with E-state index in [4.69, 9.17) is 28.6 Å². The fraction of sp³-hybridized carbons (Fsp3) is 0.500. The zero-order valence-corrected chi connectivity index (χ0v) is 18.6. The van der Waals surface area contributed by atoms with Gasteiger partial charge in [-0.15, -0.1) is 0 Å². The largest absolute Gasteiger partial charge is 0.377 e. The van der Waals surface area contributed by atoms with Crippen LogP contribution in [0.4, 0.5) is 0 Å². The van der Waals surface area contributed by atoms with E-state index in [0.29, 0.717) is 79.2 Å². The minimum atomic E-state index is 0.390. The Labute approximate surface area is 190 Å². The minimum Gasteiger partial charge on any atom is -0.377 e. The van der Waals surface area contributed by atoms with E-state index in [-0.39, 0.29) is 0 Å². The van der Waals surface area contributed by atoms with Gasteiger partial charge >= 0.3 is 0 Å². The quantitative estimate of drug-likeness (QED) is 0.711. The van der Waals surface area contributed by atoms with Gasteiger partial charge < -0.3 is 18.9 Å². The van der Waals surface area contributed by atoms with E-state index in [1.54, 1.807) is 10.3 Å². The first-order valence-corrected chi connectivity index (χ1v) is 11.1. The van der Waals surface area contributed by atoms with Gasteiger partial charge in [-0.05, 0) is 11.1 Å². The molecule has 8 nitrogen and oxygen atoms in total. The molecule has 1 fully saturated rings. The van der Waals surface area contributed by atoms with Crippen LogP contribution < -0.4 is 0 Å². The number of hydrogen-bond acceptors (Lipinski definition) is 8. The van der Waals surface area contributed by atoms with Crippen LogP contribution >= 0.6 is 0 Å². The minimum absolute atomic E-state index is 0.390. The SMILES string of the molecule is c1ccc(CN2OCCOCCOCCOCCOCCON2Cc2ccccc2)cc1. The molecule has 2 aromatic rings. The van der Waals surface area contributed by atoms with Crippen LogP contribution in [0.5, 0.6) is 0 Å². The predicted molar refractivity (Wildman–Crippen MR) is 119 cm³/mol. The smallest absolute Gasteiger partial charge is 0.0936 e. The summed E-state index contributed by atoms with van der Waals surface area (Å²) in [5.74, 6) is 0. The van der Waals surface area contributed by atoms with E-state index in [1.807, 2.05) is 36.4 Å². The summed E-state index contributed by atoms with van der Waals surface area (Å²) in [5.41, 5.74) is 2.22. The van der Waals surface area contributed by atoms with E-state index in [0.717, 1.165) is 11.1 Å². The molecule has 0 bridgehead atoms. The molecule has 0 saturated carbocycles. The Bertz CT molecular complexity index is 645. The summed E-state index contributed by atoms with van der Waals surface area (Å²) in [4.78, 5) is 12.2. The van der Waals surface area contributed by atoms with Crippen LogP contribution in [0.3, 0.4) is 0 Å². The second-order valence-corrected chi connectivity index (χ2v) is 7.11. The van der Waals surface area contributed by atoms with Gasteiger partial charge in [-0.3, -0.25) is 9.68 Å². The molecule has 176 valence electrons. The van der Waals surface area contributed by atoms with Crippen molar-refractivity contribution in [3.63, 3.8) is 0 Å². The van der Waals surface area contributed by atoms with Gasteiger partial charge in [0.1, 0.15) is 0 Å². The maximum absolute atomic E-state index is 6.08. The highest BCUT2D eigenvalue weighted by atomic mass is 16.8. The third-order valence-corrected chi connectivity index (χ3v) is 4.62. The van der Waals surface area contributed by atoms with E-state index in [1.165, 1.54) is 0 Å². The molecule has 1 saturated heterocycles. The van der Waals surface area contributed by atoms with E-state index in [2.05, 4.69) is 24.3 Å². The maximum Gasteiger partial charge on any atom is 0.0936 e. The van der Waals surface area contributed by atoms with Crippen molar-refractivity contribution in [2.45, 2.75) is 13.1 Å². The first-order chi connectivity index (χ1) is 15.9. The molecule has 1 aliphatic rings. The lowest BCUT2D eigenvalue weighted by molar-refractivity contribution is -0.419. The summed E-state index contributed by atoms with van der Waals surface area (Å²) in [6.45, 7) is 5.91. The van der Waals surface area contributed by atoms with Gasteiger partial charge in [-0.25, -0.2) is 0 Å². The lowest BCUT2D eigenvalue weighted by Crippen LogP contribution is -2.43. The van der Waals surface area contributed by atoms with Crippen molar-refractivity contribution in [3.05, 3.63) is 71.8 Å². The zero-order chi connectivity index (χ0) is 22.1. The molecule has 8 heteroatoms. The number of rotatable bonds is 4. The second-order valence-electron chi connectivity index (χ2n) is 7.11. The normalized spacial score (nSPS) is 19.8. The number of hydrogen-bond donors (Lipinski definition) is 0.